The summed E-state index contributed by atoms with van der Waals surface area (Å²) >= 11 is 11.1. The van der Waals surface area contributed by atoms with Gasteiger partial charge in [0.1, 0.15) is 12.4 Å². The van der Waals surface area contributed by atoms with Gasteiger partial charge in [-0.05, 0) is 55.0 Å². The molecular weight excluding hydrogens is 346 g/mol. The van der Waals surface area contributed by atoms with Gasteiger partial charge in [-0.1, -0.05) is 17.7 Å². The molecule has 2 N–H and O–H groups in total. The summed E-state index contributed by atoms with van der Waals surface area (Å²) in [7, 11) is 0. The van der Waals surface area contributed by atoms with Crippen LogP contribution in [0.4, 0.5) is 5.82 Å². The van der Waals surface area contributed by atoms with E-state index in [2.05, 4.69) is 20.5 Å². The Morgan fingerprint density at radius 3 is 2.79 bits per heavy atom. The van der Waals surface area contributed by atoms with Crippen molar-refractivity contribution in [1.29, 1.82) is 0 Å². The summed E-state index contributed by atoms with van der Waals surface area (Å²) in [6, 6.07) is 10.9. The van der Waals surface area contributed by atoms with Gasteiger partial charge >= 0.3 is 0 Å². The number of aromatic nitrogens is 4. The van der Waals surface area contributed by atoms with E-state index in [1.54, 1.807) is 22.9 Å². The maximum absolute atomic E-state index is 12.3. The molecule has 0 aliphatic rings. The summed E-state index contributed by atoms with van der Waals surface area (Å²) in [4.78, 5) is 16.5. The van der Waals surface area contributed by atoms with Crippen LogP contribution in [0.2, 0.25) is 5.02 Å². The number of halogens is 1. The number of hydrogen-bond donors (Lipinski definition) is 2. The minimum absolute atomic E-state index is 0.0311. The van der Waals surface area contributed by atoms with Crippen LogP contribution in [0.3, 0.4) is 0 Å². The highest BCUT2D eigenvalue weighted by molar-refractivity contribution is 7.71. The molecule has 122 valence electrons. The second-order valence-electron chi connectivity index (χ2n) is 5.16. The van der Waals surface area contributed by atoms with Crippen LogP contribution in [-0.4, -0.2) is 25.7 Å². The lowest BCUT2D eigenvalue weighted by Gasteiger charge is -2.09. The number of aromatic amines is 1. The van der Waals surface area contributed by atoms with Gasteiger partial charge in [0, 0.05) is 16.8 Å². The first kappa shape index (κ1) is 16.4. The number of carbonyl (C=O) groups excluding carboxylic acids is 1. The third-order valence-electron chi connectivity index (χ3n) is 3.43. The number of H-pyrrole nitrogens is 1. The van der Waals surface area contributed by atoms with Crippen molar-refractivity contribution in [3.05, 3.63) is 58.0 Å². The van der Waals surface area contributed by atoms with Gasteiger partial charge in [0.15, 0.2) is 10.6 Å². The molecule has 0 atom stereocenters. The van der Waals surface area contributed by atoms with E-state index in [1.165, 1.54) is 0 Å². The van der Waals surface area contributed by atoms with Crippen molar-refractivity contribution in [2.24, 2.45) is 0 Å². The molecule has 0 spiro atoms. The summed E-state index contributed by atoms with van der Waals surface area (Å²) in [6.45, 7) is 1.91. The molecule has 8 heteroatoms. The molecule has 0 saturated heterocycles. The lowest BCUT2D eigenvalue weighted by molar-refractivity contribution is -0.116. The molecule has 0 bridgehead atoms. The zero-order chi connectivity index (χ0) is 17.1. The van der Waals surface area contributed by atoms with Gasteiger partial charge in [0.25, 0.3) is 0 Å². The largest absolute Gasteiger partial charge is 0.309 e. The minimum atomic E-state index is -0.232. The van der Waals surface area contributed by atoms with Crippen molar-refractivity contribution in [3.63, 3.8) is 0 Å². The van der Waals surface area contributed by atoms with Gasteiger partial charge in [-0.15, -0.1) is 0 Å². The van der Waals surface area contributed by atoms with E-state index in [0.717, 1.165) is 11.1 Å². The first-order chi connectivity index (χ1) is 11.5. The van der Waals surface area contributed by atoms with Crippen LogP contribution in [0.25, 0.3) is 11.4 Å². The average molecular weight is 360 g/mol. The summed E-state index contributed by atoms with van der Waals surface area (Å²) in [5.41, 5.74) is 1.70. The van der Waals surface area contributed by atoms with E-state index in [4.69, 9.17) is 23.8 Å². The number of nitrogens with zero attached hydrogens (tertiary/aromatic N) is 3. The number of benzene rings is 1. The van der Waals surface area contributed by atoms with E-state index in [0.29, 0.717) is 21.4 Å². The van der Waals surface area contributed by atoms with Crippen LogP contribution in [-0.2, 0) is 11.3 Å². The number of pyridine rings is 1. The Balaban J connectivity index is 1.84. The Morgan fingerprint density at radius 2 is 2.08 bits per heavy atom. The zero-order valence-corrected chi connectivity index (χ0v) is 14.4. The summed E-state index contributed by atoms with van der Waals surface area (Å²) in [6.07, 6.45) is 1.63. The molecule has 6 nitrogen and oxygen atoms in total. The second-order valence-corrected chi connectivity index (χ2v) is 5.99. The monoisotopic (exact) mass is 359 g/mol. The smallest absolute Gasteiger partial charge is 0.245 e. The van der Waals surface area contributed by atoms with Crippen molar-refractivity contribution >= 4 is 35.5 Å². The van der Waals surface area contributed by atoms with Gasteiger partial charge in [-0.25, -0.2) is 4.98 Å². The van der Waals surface area contributed by atoms with Gasteiger partial charge in [0.05, 0.1) is 0 Å². The van der Waals surface area contributed by atoms with Crippen LogP contribution in [0, 0.1) is 11.7 Å². The minimum Gasteiger partial charge on any atom is -0.309 e. The number of amides is 1. The van der Waals surface area contributed by atoms with E-state index < -0.39 is 0 Å². The van der Waals surface area contributed by atoms with E-state index >= 15 is 0 Å². The Bertz CT molecular complexity index is 932. The van der Waals surface area contributed by atoms with Crippen LogP contribution < -0.4 is 5.32 Å². The maximum Gasteiger partial charge on any atom is 0.245 e. The van der Waals surface area contributed by atoms with Gasteiger partial charge in [-0.3, -0.25) is 14.5 Å². The fraction of sp³-hybridized carbons (Fsp3) is 0.125. The van der Waals surface area contributed by atoms with Crippen molar-refractivity contribution in [2.75, 3.05) is 5.32 Å². The van der Waals surface area contributed by atoms with Crippen molar-refractivity contribution in [2.45, 2.75) is 13.5 Å². The van der Waals surface area contributed by atoms with Gasteiger partial charge in [-0.2, -0.15) is 5.10 Å². The Morgan fingerprint density at radius 1 is 1.33 bits per heavy atom. The van der Waals surface area contributed by atoms with Crippen molar-refractivity contribution in [3.8, 4) is 11.4 Å². The molecule has 0 aliphatic heterocycles. The Labute approximate surface area is 148 Å². The third-order valence-corrected chi connectivity index (χ3v) is 3.99. The number of carbonyl (C=O) groups is 1. The SMILES string of the molecule is Cc1cccnc1NC(=O)Cn1c(-c2ccc(Cl)cc2)n[nH]c1=S. The van der Waals surface area contributed by atoms with Crippen LogP contribution in [0.5, 0.6) is 0 Å². The molecule has 0 unspecified atom stereocenters. The summed E-state index contributed by atoms with van der Waals surface area (Å²) in [5.74, 6) is 0.875. The number of rotatable bonds is 4. The topological polar surface area (TPSA) is 75.6 Å². The summed E-state index contributed by atoms with van der Waals surface area (Å²) in [5, 5.41) is 10.3. The third kappa shape index (κ3) is 3.52. The fourth-order valence-corrected chi connectivity index (χ4v) is 2.54. The van der Waals surface area contributed by atoms with E-state index in [-0.39, 0.29) is 12.5 Å². The molecule has 1 amide bonds. The maximum atomic E-state index is 12.3. The molecular formula is C16H14ClN5OS. The molecule has 0 fully saturated rings. The average Bonchev–Trinajstić information content (AvgIpc) is 2.91. The quantitative estimate of drug-likeness (QED) is 0.698. The molecule has 2 heterocycles. The molecule has 2 aromatic heterocycles. The fourth-order valence-electron chi connectivity index (χ4n) is 2.22. The van der Waals surface area contributed by atoms with Gasteiger partial charge < -0.3 is 5.32 Å². The zero-order valence-electron chi connectivity index (χ0n) is 12.8. The number of nitrogens with one attached hydrogen (secondary N) is 2. The molecule has 24 heavy (non-hydrogen) atoms. The molecule has 0 radical (unpaired) electrons. The molecule has 1 aromatic carbocycles. The highest BCUT2D eigenvalue weighted by Gasteiger charge is 2.13. The van der Waals surface area contributed by atoms with Crippen molar-refractivity contribution < 1.29 is 4.79 Å². The number of anilines is 1. The Kier molecular flexibility index (Phi) is 4.73. The van der Waals surface area contributed by atoms with Crippen LogP contribution >= 0.6 is 23.8 Å². The number of aryl methyl sites for hydroxylation is 1. The predicted octanol–water partition coefficient (Wildman–Crippen LogP) is 3.60. The molecule has 3 rings (SSSR count). The lowest BCUT2D eigenvalue weighted by Crippen LogP contribution is -2.20. The first-order valence-electron chi connectivity index (χ1n) is 7.17. The van der Waals surface area contributed by atoms with E-state index in [1.807, 2.05) is 31.2 Å². The van der Waals surface area contributed by atoms with Crippen molar-refractivity contribution in [1.82, 2.24) is 19.7 Å². The van der Waals surface area contributed by atoms with E-state index in [9.17, 15) is 4.79 Å². The van der Waals surface area contributed by atoms with Gasteiger partial charge in [0.2, 0.25) is 5.91 Å². The summed E-state index contributed by atoms with van der Waals surface area (Å²) < 4.78 is 2.00. The second kappa shape index (κ2) is 6.94. The highest BCUT2D eigenvalue weighted by atomic mass is 35.5. The highest BCUT2D eigenvalue weighted by Crippen LogP contribution is 2.20. The molecule has 0 aliphatic carbocycles. The van der Waals surface area contributed by atoms with Crippen LogP contribution in [0.15, 0.2) is 42.6 Å². The normalized spacial score (nSPS) is 10.6. The van der Waals surface area contributed by atoms with Crippen LogP contribution in [0.1, 0.15) is 5.56 Å². The Hall–Kier alpha value is -2.51. The first-order valence-corrected chi connectivity index (χ1v) is 7.96. The standard InChI is InChI=1S/C16H14ClN5OS/c1-10-3-2-8-18-14(10)19-13(23)9-22-15(20-21-16(22)24)11-4-6-12(17)7-5-11/h2-8H,9H2,1H3,(H,21,24)(H,18,19,23). The predicted molar refractivity (Wildman–Crippen MR) is 95.5 cm³/mol. The lowest BCUT2D eigenvalue weighted by atomic mass is 10.2. The molecule has 3 aromatic rings. The number of hydrogen-bond acceptors (Lipinski definition) is 4. The molecule has 0 saturated carbocycles.